The van der Waals surface area contributed by atoms with E-state index in [-0.39, 0.29) is 19.1 Å². The van der Waals surface area contributed by atoms with Crippen molar-refractivity contribution in [1.29, 1.82) is 0 Å². The Hall–Kier alpha value is -2.29. The summed E-state index contributed by atoms with van der Waals surface area (Å²) in [6.07, 6.45) is 3.31. The molecule has 1 amide bonds. The molecule has 0 saturated heterocycles. The molecule has 2 aromatic rings. The van der Waals surface area contributed by atoms with Crippen LogP contribution in [0.5, 0.6) is 0 Å². The molecule has 0 fully saturated rings. The Bertz CT molecular complexity index is 657. The second kappa shape index (κ2) is 6.75. The van der Waals surface area contributed by atoms with Crippen molar-refractivity contribution in [3.8, 4) is 11.8 Å². The number of nitrogens with zero attached hydrogens (tertiary/aromatic N) is 2. The highest BCUT2D eigenvalue weighted by atomic mass is 35.5. The van der Waals surface area contributed by atoms with E-state index in [0.29, 0.717) is 16.3 Å². The summed E-state index contributed by atoms with van der Waals surface area (Å²) in [5.41, 5.74) is 1.10. The zero-order chi connectivity index (χ0) is 14.4. The average Bonchev–Trinajstić information content (AvgIpc) is 2.91. The largest absolute Gasteiger partial charge is 0.384 e. The first-order valence-electron chi connectivity index (χ1n) is 5.85. The van der Waals surface area contributed by atoms with E-state index in [1.165, 1.54) is 4.68 Å². The van der Waals surface area contributed by atoms with Crippen LogP contribution in [0.15, 0.2) is 36.7 Å². The minimum Gasteiger partial charge on any atom is -0.384 e. The molecule has 2 N–H and O–H groups in total. The number of carbonyl (C=O) groups excluding carboxylic acids is 1. The molecule has 2 rings (SSSR count). The van der Waals surface area contributed by atoms with E-state index in [9.17, 15) is 4.79 Å². The van der Waals surface area contributed by atoms with E-state index >= 15 is 0 Å². The predicted molar refractivity (Wildman–Crippen MR) is 76.3 cm³/mol. The van der Waals surface area contributed by atoms with Crippen LogP contribution in [-0.2, 0) is 11.3 Å². The van der Waals surface area contributed by atoms with Crippen LogP contribution in [0, 0.1) is 11.8 Å². The van der Waals surface area contributed by atoms with Crippen LogP contribution < -0.4 is 5.32 Å². The number of hydrogen-bond donors (Lipinski definition) is 2. The number of aliphatic hydroxyl groups is 1. The van der Waals surface area contributed by atoms with Crippen LogP contribution in [-0.4, -0.2) is 27.4 Å². The lowest BCUT2D eigenvalue weighted by Crippen LogP contribution is -2.19. The zero-order valence-corrected chi connectivity index (χ0v) is 11.3. The third kappa shape index (κ3) is 3.85. The minimum atomic E-state index is -0.257. The molecule has 0 spiro atoms. The second-order valence-electron chi connectivity index (χ2n) is 3.90. The molecule has 0 aliphatic heterocycles. The van der Waals surface area contributed by atoms with Gasteiger partial charge in [-0.3, -0.25) is 9.48 Å². The van der Waals surface area contributed by atoms with Crippen LogP contribution in [0.4, 0.5) is 5.69 Å². The molecule has 1 heterocycles. The molecule has 0 aliphatic carbocycles. The van der Waals surface area contributed by atoms with Gasteiger partial charge in [0.15, 0.2) is 0 Å². The molecule has 0 aliphatic rings. The lowest BCUT2D eigenvalue weighted by atomic mass is 10.2. The van der Waals surface area contributed by atoms with E-state index < -0.39 is 0 Å². The van der Waals surface area contributed by atoms with Crippen molar-refractivity contribution in [2.45, 2.75) is 6.54 Å². The summed E-state index contributed by atoms with van der Waals surface area (Å²) >= 11 is 5.89. The van der Waals surface area contributed by atoms with Gasteiger partial charge in [-0.1, -0.05) is 23.4 Å². The minimum absolute atomic E-state index is 0.114. The third-order valence-corrected chi connectivity index (χ3v) is 2.66. The number of benzene rings is 1. The molecule has 5 nitrogen and oxygen atoms in total. The molecular weight excluding hydrogens is 278 g/mol. The van der Waals surface area contributed by atoms with Crippen LogP contribution in [0.1, 0.15) is 5.56 Å². The number of halogens is 1. The van der Waals surface area contributed by atoms with Gasteiger partial charge in [-0.2, -0.15) is 5.10 Å². The number of rotatable bonds is 3. The fraction of sp³-hybridized carbons (Fsp3) is 0.143. The van der Waals surface area contributed by atoms with Gasteiger partial charge in [-0.05, 0) is 24.3 Å². The van der Waals surface area contributed by atoms with E-state index in [1.807, 2.05) is 0 Å². The molecule has 6 heteroatoms. The van der Waals surface area contributed by atoms with E-state index in [0.717, 1.165) is 0 Å². The monoisotopic (exact) mass is 289 g/mol. The molecule has 0 bridgehead atoms. The lowest BCUT2D eigenvalue weighted by Gasteiger charge is -2.08. The van der Waals surface area contributed by atoms with Gasteiger partial charge in [0.25, 0.3) is 0 Å². The van der Waals surface area contributed by atoms with Gasteiger partial charge < -0.3 is 10.4 Å². The SMILES string of the molecule is O=C(Cn1cccn1)Nc1ccc(Cl)cc1C#CCO. The highest BCUT2D eigenvalue weighted by molar-refractivity contribution is 6.30. The zero-order valence-electron chi connectivity index (χ0n) is 10.5. The van der Waals surface area contributed by atoms with E-state index in [1.54, 1.807) is 36.7 Å². The Balaban J connectivity index is 2.14. The van der Waals surface area contributed by atoms with Crippen LogP contribution >= 0.6 is 11.6 Å². The maximum Gasteiger partial charge on any atom is 0.246 e. The highest BCUT2D eigenvalue weighted by Gasteiger charge is 2.07. The second-order valence-corrected chi connectivity index (χ2v) is 4.34. The summed E-state index contributed by atoms with van der Waals surface area (Å²) < 4.78 is 1.52. The van der Waals surface area contributed by atoms with Gasteiger partial charge in [0.05, 0.1) is 5.69 Å². The van der Waals surface area contributed by atoms with E-state index in [4.69, 9.17) is 16.7 Å². The van der Waals surface area contributed by atoms with Crippen molar-refractivity contribution in [1.82, 2.24) is 9.78 Å². The van der Waals surface area contributed by atoms with Gasteiger partial charge in [0, 0.05) is 23.0 Å². The number of nitrogens with one attached hydrogen (secondary N) is 1. The molecule has 102 valence electrons. The van der Waals surface area contributed by atoms with Gasteiger partial charge in [0.1, 0.15) is 13.2 Å². The Morgan fingerprint density at radius 1 is 1.50 bits per heavy atom. The number of aromatic nitrogens is 2. The summed E-state index contributed by atoms with van der Waals surface area (Å²) in [5, 5.41) is 15.9. The predicted octanol–water partition coefficient (Wildman–Crippen LogP) is 1.52. The fourth-order valence-electron chi connectivity index (χ4n) is 1.59. The van der Waals surface area contributed by atoms with Crippen molar-refractivity contribution in [2.24, 2.45) is 0 Å². The Morgan fingerprint density at radius 2 is 2.35 bits per heavy atom. The molecule has 1 aromatic carbocycles. The first-order valence-corrected chi connectivity index (χ1v) is 6.23. The molecule has 20 heavy (non-hydrogen) atoms. The maximum atomic E-state index is 11.9. The number of anilines is 1. The van der Waals surface area contributed by atoms with Crippen molar-refractivity contribution < 1.29 is 9.90 Å². The fourth-order valence-corrected chi connectivity index (χ4v) is 1.77. The number of aliphatic hydroxyl groups excluding tert-OH is 1. The van der Waals surface area contributed by atoms with Crippen LogP contribution in [0.25, 0.3) is 0 Å². The normalized spacial score (nSPS) is 9.70. The molecular formula is C14H12ClN3O2. The molecule has 1 aromatic heterocycles. The topological polar surface area (TPSA) is 67.2 Å². The number of carbonyl (C=O) groups is 1. The van der Waals surface area contributed by atoms with Crippen molar-refractivity contribution in [3.63, 3.8) is 0 Å². The molecule has 0 saturated carbocycles. The summed E-state index contributed by atoms with van der Waals surface area (Å²) in [7, 11) is 0. The van der Waals surface area contributed by atoms with E-state index in [2.05, 4.69) is 22.3 Å². The third-order valence-electron chi connectivity index (χ3n) is 2.42. The van der Waals surface area contributed by atoms with Crippen LogP contribution in [0.2, 0.25) is 5.02 Å². The van der Waals surface area contributed by atoms with Gasteiger partial charge in [-0.15, -0.1) is 0 Å². The maximum absolute atomic E-state index is 11.9. The Morgan fingerprint density at radius 3 is 3.05 bits per heavy atom. The van der Waals surface area contributed by atoms with Crippen molar-refractivity contribution >= 4 is 23.2 Å². The standard InChI is InChI=1S/C14H12ClN3O2/c15-12-4-5-13(11(9-12)3-1-8-19)17-14(20)10-18-7-2-6-16-18/h2,4-7,9,19H,8,10H2,(H,17,20). The Labute approximate surface area is 121 Å². The molecule has 0 unspecified atom stereocenters. The first-order chi connectivity index (χ1) is 9.69. The number of hydrogen-bond acceptors (Lipinski definition) is 3. The number of amides is 1. The average molecular weight is 290 g/mol. The quantitative estimate of drug-likeness (QED) is 0.842. The summed E-state index contributed by atoms with van der Waals surface area (Å²) in [6, 6.07) is 6.71. The lowest BCUT2D eigenvalue weighted by molar-refractivity contribution is -0.116. The summed E-state index contributed by atoms with van der Waals surface area (Å²) in [4.78, 5) is 11.9. The van der Waals surface area contributed by atoms with Crippen molar-refractivity contribution in [3.05, 3.63) is 47.2 Å². The summed E-state index contributed by atoms with van der Waals surface area (Å²) in [6.45, 7) is -0.143. The van der Waals surface area contributed by atoms with Gasteiger partial charge in [0.2, 0.25) is 5.91 Å². The summed E-state index contributed by atoms with van der Waals surface area (Å²) in [5.74, 6) is 5.06. The van der Waals surface area contributed by atoms with Crippen LogP contribution in [0.3, 0.4) is 0 Å². The van der Waals surface area contributed by atoms with Crippen molar-refractivity contribution in [2.75, 3.05) is 11.9 Å². The molecule has 0 radical (unpaired) electrons. The van der Waals surface area contributed by atoms with Gasteiger partial charge >= 0.3 is 0 Å². The molecule has 0 atom stereocenters. The van der Waals surface area contributed by atoms with Gasteiger partial charge in [-0.25, -0.2) is 0 Å². The Kier molecular flexibility index (Phi) is 4.77. The highest BCUT2D eigenvalue weighted by Crippen LogP contribution is 2.19. The first kappa shape index (κ1) is 14.1. The smallest absolute Gasteiger partial charge is 0.246 e.